The second-order valence-corrected chi connectivity index (χ2v) is 12.0. The third kappa shape index (κ3) is 5.93. The Hall–Kier alpha value is -6.38. The number of esters is 2. The van der Waals surface area contributed by atoms with Crippen LogP contribution in [0.5, 0.6) is 0 Å². The number of hydrogen-bond acceptors (Lipinski definition) is 13. The number of hydrogen-bond donors (Lipinski definition) is 2. The van der Waals surface area contributed by atoms with Gasteiger partial charge in [0, 0.05) is 16.8 Å². The average molecular weight is 675 g/mol. The van der Waals surface area contributed by atoms with Gasteiger partial charge in [0.05, 0.1) is 23.9 Å². The molecule has 0 aliphatic carbocycles. The van der Waals surface area contributed by atoms with E-state index in [0.717, 1.165) is 27.3 Å². The van der Waals surface area contributed by atoms with Gasteiger partial charge in [0.2, 0.25) is 11.9 Å². The van der Waals surface area contributed by atoms with E-state index in [4.69, 9.17) is 13.9 Å². The van der Waals surface area contributed by atoms with Crippen molar-refractivity contribution < 1.29 is 23.5 Å². The van der Waals surface area contributed by atoms with Crippen LogP contribution >= 0.6 is 0 Å². The summed E-state index contributed by atoms with van der Waals surface area (Å²) in [5.74, 6) is 0.736. The molecule has 3 aromatic heterocycles. The molecule has 2 N–H and O–H groups in total. The number of para-hydroxylation sites is 1. The van der Waals surface area contributed by atoms with Crippen LogP contribution in [0.25, 0.3) is 21.7 Å². The monoisotopic (exact) mass is 674 g/mol. The molecule has 0 amide bonds. The molecular formula is C35H34N10O5. The summed E-state index contributed by atoms with van der Waals surface area (Å²) in [4.78, 5) is 25.3. The van der Waals surface area contributed by atoms with Crippen molar-refractivity contribution in [2.45, 2.75) is 52.8 Å². The first-order chi connectivity index (χ1) is 24.2. The van der Waals surface area contributed by atoms with Crippen molar-refractivity contribution in [1.29, 1.82) is 0 Å². The fraction of sp³-hybridized carbons (Fsp3) is 0.257. The quantitative estimate of drug-likeness (QED) is 0.217. The van der Waals surface area contributed by atoms with E-state index in [1.807, 2.05) is 81.4 Å². The van der Waals surface area contributed by atoms with E-state index in [9.17, 15) is 9.59 Å². The molecule has 0 saturated heterocycles. The van der Waals surface area contributed by atoms with Crippen LogP contribution in [0.15, 0.2) is 99.8 Å². The SMILES string of the molecule is CC1=C(C(=O)OC(C)C)C(c2ccc3ccccc3c2)n2nnnc2N1.CCOC(=O)C1=C(C)Nc2nnnn2C1c1cc2ccccc2o1. The second-order valence-electron chi connectivity index (χ2n) is 12.0. The molecule has 5 heterocycles. The number of aromatic nitrogens is 8. The molecule has 0 spiro atoms. The minimum absolute atomic E-state index is 0.213. The van der Waals surface area contributed by atoms with Gasteiger partial charge in [0.25, 0.3) is 0 Å². The first-order valence-corrected chi connectivity index (χ1v) is 16.1. The lowest BCUT2D eigenvalue weighted by molar-refractivity contribution is -0.143. The van der Waals surface area contributed by atoms with E-state index in [2.05, 4.69) is 53.8 Å². The second kappa shape index (κ2) is 13.3. The number of anilines is 2. The van der Waals surface area contributed by atoms with Crippen LogP contribution in [0.1, 0.15) is 58.0 Å². The average Bonchev–Trinajstić information content (AvgIpc) is 3.86. The highest BCUT2D eigenvalue weighted by Gasteiger charge is 2.37. The molecule has 0 saturated carbocycles. The molecule has 0 radical (unpaired) electrons. The summed E-state index contributed by atoms with van der Waals surface area (Å²) in [6, 6.07) is 22.7. The maximum absolute atomic E-state index is 12.8. The van der Waals surface area contributed by atoms with Crippen molar-refractivity contribution in [2.75, 3.05) is 17.2 Å². The number of nitrogens with zero attached hydrogens (tertiary/aromatic N) is 8. The highest BCUT2D eigenvalue weighted by Crippen LogP contribution is 2.38. The summed E-state index contributed by atoms with van der Waals surface area (Å²) in [5.41, 5.74) is 3.93. The molecule has 0 fully saturated rings. The smallest absolute Gasteiger partial charge is 0.338 e. The molecule has 50 heavy (non-hydrogen) atoms. The summed E-state index contributed by atoms with van der Waals surface area (Å²) in [5, 5.41) is 32.8. The van der Waals surface area contributed by atoms with Crippen LogP contribution in [0, 0.1) is 0 Å². The molecule has 3 aromatic carbocycles. The van der Waals surface area contributed by atoms with E-state index in [1.54, 1.807) is 18.5 Å². The van der Waals surface area contributed by atoms with Crippen LogP contribution in [-0.2, 0) is 19.1 Å². The van der Waals surface area contributed by atoms with Gasteiger partial charge >= 0.3 is 11.9 Å². The van der Waals surface area contributed by atoms with Crippen molar-refractivity contribution in [3.05, 3.63) is 107 Å². The largest absolute Gasteiger partial charge is 0.463 e. The number of rotatable bonds is 6. The Bertz CT molecular complexity index is 2270. The van der Waals surface area contributed by atoms with Gasteiger partial charge in [-0.3, -0.25) is 0 Å². The number of fused-ring (bicyclic) bond motifs is 4. The van der Waals surface area contributed by atoms with E-state index in [0.29, 0.717) is 40.2 Å². The molecule has 15 nitrogen and oxygen atoms in total. The first kappa shape index (κ1) is 32.2. The predicted octanol–water partition coefficient (Wildman–Crippen LogP) is 5.34. The molecule has 2 unspecified atom stereocenters. The Morgan fingerprint density at radius 1 is 0.780 bits per heavy atom. The fourth-order valence-electron chi connectivity index (χ4n) is 6.13. The minimum Gasteiger partial charge on any atom is -0.463 e. The molecule has 2 atom stereocenters. The lowest BCUT2D eigenvalue weighted by atomic mass is 9.94. The van der Waals surface area contributed by atoms with Crippen LogP contribution < -0.4 is 10.6 Å². The number of ether oxygens (including phenoxy) is 2. The number of allylic oxidation sites excluding steroid dienone is 2. The van der Waals surface area contributed by atoms with Gasteiger partial charge < -0.3 is 24.5 Å². The Morgan fingerprint density at radius 3 is 2.02 bits per heavy atom. The number of benzene rings is 3. The number of carbonyl (C=O) groups is 2. The van der Waals surface area contributed by atoms with Gasteiger partial charge in [-0.15, -0.1) is 0 Å². The number of furan rings is 1. The Balaban J connectivity index is 0.000000157. The lowest BCUT2D eigenvalue weighted by Crippen LogP contribution is -2.30. The molecule has 2 aliphatic rings. The van der Waals surface area contributed by atoms with Crippen LogP contribution in [-0.4, -0.2) is 65.1 Å². The van der Waals surface area contributed by atoms with Gasteiger partial charge in [-0.05, 0) is 90.0 Å². The summed E-state index contributed by atoms with van der Waals surface area (Å²) in [6.07, 6.45) is -0.213. The van der Waals surface area contributed by atoms with Gasteiger partial charge in [0.1, 0.15) is 23.4 Å². The maximum atomic E-state index is 12.8. The summed E-state index contributed by atoms with van der Waals surface area (Å²) < 4.78 is 19.8. The molecule has 6 aromatic rings. The van der Waals surface area contributed by atoms with Crippen LogP contribution in [0.2, 0.25) is 0 Å². The number of carbonyl (C=O) groups excluding carboxylic acids is 2. The predicted molar refractivity (Wildman–Crippen MR) is 183 cm³/mol. The molecule has 8 rings (SSSR count). The topological polar surface area (TPSA) is 177 Å². The highest BCUT2D eigenvalue weighted by atomic mass is 16.5. The van der Waals surface area contributed by atoms with Gasteiger partial charge in [-0.25, -0.2) is 9.59 Å². The maximum Gasteiger partial charge on any atom is 0.338 e. The summed E-state index contributed by atoms with van der Waals surface area (Å²) in [7, 11) is 0. The lowest BCUT2D eigenvalue weighted by Gasteiger charge is -2.28. The number of tetrazole rings is 2. The summed E-state index contributed by atoms with van der Waals surface area (Å²) >= 11 is 0. The third-order valence-corrected chi connectivity index (χ3v) is 8.29. The highest BCUT2D eigenvalue weighted by molar-refractivity contribution is 5.94. The zero-order chi connectivity index (χ0) is 34.9. The zero-order valence-electron chi connectivity index (χ0n) is 28.0. The van der Waals surface area contributed by atoms with Gasteiger partial charge in [-0.1, -0.05) is 64.8 Å². The standard InChI is InChI=1S/C19H19N5O2.C16H15N5O3/c1-11(2)26-18(25)16-12(3)20-19-21-22-23-24(19)17(16)15-9-8-13-6-4-5-7-14(13)10-15;1-3-23-15(22)13-9(2)17-16-18-19-20-21(16)14(13)12-8-10-6-4-5-7-11(10)24-12/h4-11,17H,1-3H3,(H,20,21,23);4-8,14H,3H2,1-2H3,(H,17,18,20). The minimum atomic E-state index is -0.581. The summed E-state index contributed by atoms with van der Waals surface area (Å²) in [6.45, 7) is 9.34. The molecule has 2 aliphatic heterocycles. The normalized spacial score (nSPS) is 16.7. The van der Waals surface area contributed by atoms with Crippen molar-refractivity contribution in [3.63, 3.8) is 0 Å². The fourth-order valence-corrected chi connectivity index (χ4v) is 6.13. The number of nitrogens with one attached hydrogen (secondary N) is 2. The first-order valence-electron chi connectivity index (χ1n) is 16.1. The molecule has 15 heteroatoms. The van der Waals surface area contributed by atoms with E-state index in [-0.39, 0.29) is 18.7 Å². The van der Waals surface area contributed by atoms with E-state index < -0.39 is 18.1 Å². The Morgan fingerprint density at radius 2 is 1.38 bits per heavy atom. The van der Waals surface area contributed by atoms with E-state index >= 15 is 0 Å². The van der Waals surface area contributed by atoms with Crippen molar-refractivity contribution in [3.8, 4) is 0 Å². The van der Waals surface area contributed by atoms with Gasteiger partial charge in [0.15, 0.2) is 0 Å². The Kier molecular flexibility index (Phi) is 8.53. The van der Waals surface area contributed by atoms with Gasteiger partial charge in [-0.2, -0.15) is 9.36 Å². The van der Waals surface area contributed by atoms with Crippen LogP contribution in [0.3, 0.4) is 0 Å². The molecule has 254 valence electrons. The third-order valence-electron chi connectivity index (χ3n) is 8.29. The molecular weight excluding hydrogens is 640 g/mol. The Labute approximate surface area is 285 Å². The zero-order valence-corrected chi connectivity index (χ0v) is 28.0. The van der Waals surface area contributed by atoms with Crippen LogP contribution in [0.4, 0.5) is 11.9 Å². The van der Waals surface area contributed by atoms with Crippen molar-refractivity contribution in [1.82, 2.24) is 40.4 Å². The van der Waals surface area contributed by atoms with Crippen molar-refractivity contribution in [2.24, 2.45) is 0 Å². The van der Waals surface area contributed by atoms with E-state index in [1.165, 1.54) is 4.68 Å². The van der Waals surface area contributed by atoms with Crippen molar-refractivity contribution >= 4 is 45.6 Å². The molecule has 0 bridgehead atoms.